The number of methoxy groups -OCH3 is 2. The number of ether oxygens (including phenoxy) is 3. The number of benzene rings is 2. The topological polar surface area (TPSA) is 60.9 Å². The van der Waals surface area contributed by atoms with Crippen LogP contribution in [0.25, 0.3) is 10.2 Å². The number of aromatic nitrogens is 1. The molecule has 6 nitrogen and oxygen atoms in total. The molecule has 152 valence electrons. The van der Waals surface area contributed by atoms with Crippen LogP contribution in [0.5, 0.6) is 11.5 Å². The van der Waals surface area contributed by atoms with E-state index in [4.69, 9.17) is 19.2 Å². The normalized spacial score (nSPS) is 16.2. The molecule has 0 spiro atoms. The fraction of sp³-hybridized carbons (Fsp3) is 0.333. The first kappa shape index (κ1) is 20.1. The predicted molar refractivity (Wildman–Crippen MR) is 118 cm³/mol. The maximum absolute atomic E-state index is 13.6. The van der Waals surface area contributed by atoms with Crippen LogP contribution in [0.15, 0.2) is 40.9 Å². The van der Waals surface area contributed by atoms with Gasteiger partial charge in [0.2, 0.25) is 0 Å². The van der Waals surface area contributed by atoms with E-state index < -0.39 is 0 Å². The number of carbonyl (C=O) groups is 1. The minimum absolute atomic E-state index is 0.00528. The van der Waals surface area contributed by atoms with Gasteiger partial charge in [0.05, 0.1) is 42.6 Å². The lowest BCUT2D eigenvalue weighted by Gasteiger charge is -2.24. The second-order valence-corrected chi connectivity index (χ2v) is 8.65. The number of amides is 1. The summed E-state index contributed by atoms with van der Waals surface area (Å²) in [6, 6.07) is 11.1. The maximum Gasteiger partial charge on any atom is 0.264 e. The molecular weight excluding hydrogens is 456 g/mol. The first-order chi connectivity index (χ1) is 14.1. The van der Waals surface area contributed by atoms with E-state index in [9.17, 15) is 4.79 Å². The van der Waals surface area contributed by atoms with E-state index in [0.717, 1.165) is 34.1 Å². The van der Waals surface area contributed by atoms with Gasteiger partial charge >= 0.3 is 0 Å². The van der Waals surface area contributed by atoms with Gasteiger partial charge in [0.15, 0.2) is 5.13 Å². The summed E-state index contributed by atoms with van der Waals surface area (Å²) in [7, 11) is 3.13. The van der Waals surface area contributed by atoms with E-state index in [1.807, 2.05) is 18.2 Å². The Hall–Kier alpha value is -2.16. The summed E-state index contributed by atoms with van der Waals surface area (Å²) in [6.07, 6.45) is 1.92. The van der Waals surface area contributed by atoms with Crippen molar-refractivity contribution in [2.45, 2.75) is 18.9 Å². The molecule has 8 heteroatoms. The molecule has 1 saturated heterocycles. The molecule has 29 heavy (non-hydrogen) atoms. The van der Waals surface area contributed by atoms with Crippen molar-refractivity contribution in [3.63, 3.8) is 0 Å². The number of nitrogens with zero attached hydrogens (tertiary/aromatic N) is 2. The number of thiazole rings is 1. The van der Waals surface area contributed by atoms with Crippen molar-refractivity contribution in [1.82, 2.24) is 4.98 Å². The van der Waals surface area contributed by atoms with Crippen LogP contribution >= 0.6 is 27.3 Å². The fourth-order valence-electron chi connectivity index (χ4n) is 3.37. The molecule has 3 aromatic rings. The Bertz CT molecular complexity index is 1030. The highest BCUT2D eigenvalue weighted by molar-refractivity contribution is 9.10. The average molecular weight is 477 g/mol. The van der Waals surface area contributed by atoms with Gasteiger partial charge in [0.25, 0.3) is 5.91 Å². The molecule has 0 N–H and O–H groups in total. The number of hydrogen-bond donors (Lipinski definition) is 0. The van der Waals surface area contributed by atoms with Crippen LogP contribution in [0.2, 0.25) is 0 Å². The summed E-state index contributed by atoms with van der Waals surface area (Å²) in [4.78, 5) is 20.0. The van der Waals surface area contributed by atoms with Crippen LogP contribution in [0.3, 0.4) is 0 Å². The molecule has 1 atom stereocenters. The summed E-state index contributed by atoms with van der Waals surface area (Å²) in [5.41, 5.74) is 1.29. The number of carbonyl (C=O) groups excluding carboxylic acids is 1. The summed E-state index contributed by atoms with van der Waals surface area (Å²) in [5, 5.41) is 0.642. The maximum atomic E-state index is 13.6. The number of anilines is 1. The van der Waals surface area contributed by atoms with Crippen molar-refractivity contribution in [2.24, 2.45) is 0 Å². The van der Waals surface area contributed by atoms with Crippen LogP contribution in [-0.4, -0.2) is 44.4 Å². The summed E-state index contributed by atoms with van der Waals surface area (Å²) >= 11 is 4.98. The molecule has 0 saturated carbocycles. The second kappa shape index (κ2) is 8.69. The van der Waals surface area contributed by atoms with Crippen molar-refractivity contribution < 1.29 is 19.0 Å². The Morgan fingerprint density at radius 3 is 2.86 bits per heavy atom. The Labute approximate surface area is 181 Å². The molecule has 4 rings (SSSR count). The quantitative estimate of drug-likeness (QED) is 0.506. The van der Waals surface area contributed by atoms with Gasteiger partial charge in [-0.3, -0.25) is 9.69 Å². The summed E-state index contributed by atoms with van der Waals surface area (Å²) in [6.45, 7) is 1.17. The van der Waals surface area contributed by atoms with Crippen LogP contribution in [0.4, 0.5) is 5.13 Å². The zero-order valence-electron chi connectivity index (χ0n) is 16.2. The van der Waals surface area contributed by atoms with Gasteiger partial charge in [-0.15, -0.1) is 0 Å². The highest BCUT2D eigenvalue weighted by Crippen LogP contribution is 2.34. The molecule has 1 fully saturated rings. The Balaban J connectivity index is 1.76. The van der Waals surface area contributed by atoms with Crippen LogP contribution in [0.1, 0.15) is 23.2 Å². The van der Waals surface area contributed by atoms with Crippen LogP contribution in [0, 0.1) is 0 Å². The lowest BCUT2D eigenvalue weighted by atomic mass is 10.1. The predicted octanol–water partition coefficient (Wildman–Crippen LogP) is 4.90. The van der Waals surface area contributed by atoms with Gasteiger partial charge in [-0.2, -0.15) is 0 Å². The zero-order chi connectivity index (χ0) is 20.4. The fourth-order valence-corrected chi connectivity index (χ4v) is 4.89. The van der Waals surface area contributed by atoms with Crippen molar-refractivity contribution in [3.8, 4) is 11.5 Å². The number of hydrogen-bond acceptors (Lipinski definition) is 6. The van der Waals surface area contributed by atoms with Crippen LogP contribution in [-0.2, 0) is 4.74 Å². The number of rotatable bonds is 6. The molecule has 2 aromatic carbocycles. The molecular formula is C21H21BrN2O4S. The minimum atomic E-state index is -0.186. The Kier molecular flexibility index (Phi) is 6.03. The third-order valence-electron chi connectivity index (χ3n) is 4.86. The summed E-state index contributed by atoms with van der Waals surface area (Å²) in [5.74, 6) is 0.908. The van der Waals surface area contributed by atoms with Crippen molar-refractivity contribution >= 4 is 48.5 Å². The van der Waals surface area contributed by atoms with Crippen LogP contribution < -0.4 is 14.4 Å². The number of fused-ring (bicyclic) bond motifs is 1. The minimum Gasteiger partial charge on any atom is -0.497 e. The molecule has 1 aliphatic heterocycles. The Morgan fingerprint density at radius 2 is 2.14 bits per heavy atom. The van der Waals surface area contributed by atoms with Gasteiger partial charge < -0.3 is 14.2 Å². The molecule has 1 amide bonds. The smallest absolute Gasteiger partial charge is 0.264 e. The molecule has 1 unspecified atom stereocenters. The first-order valence-electron chi connectivity index (χ1n) is 9.30. The highest BCUT2D eigenvalue weighted by Gasteiger charge is 2.29. The Morgan fingerprint density at radius 1 is 1.28 bits per heavy atom. The van der Waals surface area contributed by atoms with Crippen molar-refractivity contribution in [1.29, 1.82) is 0 Å². The number of halogens is 1. The molecule has 0 aliphatic carbocycles. The van der Waals surface area contributed by atoms with Gasteiger partial charge in [-0.25, -0.2) is 4.98 Å². The summed E-state index contributed by atoms with van der Waals surface area (Å²) < 4.78 is 18.5. The van der Waals surface area contributed by atoms with E-state index in [1.165, 1.54) is 11.3 Å². The lowest BCUT2D eigenvalue weighted by Crippen LogP contribution is -2.37. The van der Waals surface area contributed by atoms with Gasteiger partial charge in [-0.1, -0.05) is 27.3 Å². The SMILES string of the molecule is COc1ccc(OC)c(C(=O)N(CC2CCCO2)c2nc3ccc(Br)cc3s2)c1. The van der Waals surface area contributed by atoms with Crippen molar-refractivity contribution in [3.05, 3.63) is 46.4 Å². The molecule has 2 heterocycles. The first-order valence-corrected chi connectivity index (χ1v) is 10.9. The zero-order valence-corrected chi connectivity index (χ0v) is 18.6. The van der Waals surface area contributed by atoms with E-state index in [0.29, 0.717) is 28.7 Å². The molecule has 1 aromatic heterocycles. The second-order valence-electron chi connectivity index (χ2n) is 6.73. The third kappa shape index (κ3) is 4.24. The van der Waals surface area contributed by atoms with E-state index in [1.54, 1.807) is 37.3 Å². The standard InChI is InChI=1S/C21H21BrN2O4S/c1-26-14-6-8-18(27-2)16(11-14)20(25)24(12-15-4-3-9-28-15)21-23-17-7-5-13(22)10-19(17)29-21/h5-8,10-11,15H,3-4,9,12H2,1-2H3. The van der Waals surface area contributed by atoms with E-state index in [2.05, 4.69) is 15.9 Å². The van der Waals surface area contributed by atoms with Crippen molar-refractivity contribution in [2.75, 3.05) is 32.3 Å². The largest absolute Gasteiger partial charge is 0.497 e. The molecule has 0 bridgehead atoms. The van der Waals surface area contributed by atoms with E-state index in [-0.39, 0.29) is 12.0 Å². The molecule has 1 aliphatic rings. The van der Waals surface area contributed by atoms with Gasteiger partial charge in [0, 0.05) is 11.1 Å². The van der Waals surface area contributed by atoms with Gasteiger partial charge in [-0.05, 0) is 49.2 Å². The average Bonchev–Trinajstić information content (AvgIpc) is 3.40. The third-order valence-corrected chi connectivity index (χ3v) is 6.40. The highest BCUT2D eigenvalue weighted by atomic mass is 79.9. The molecule has 0 radical (unpaired) electrons. The van der Waals surface area contributed by atoms with E-state index >= 15 is 0 Å². The van der Waals surface area contributed by atoms with Gasteiger partial charge in [0.1, 0.15) is 11.5 Å². The lowest BCUT2D eigenvalue weighted by molar-refractivity contribution is 0.0914. The monoisotopic (exact) mass is 476 g/mol.